The van der Waals surface area contributed by atoms with Crippen molar-refractivity contribution in [2.75, 3.05) is 7.11 Å². The Kier molecular flexibility index (Phi) is 4.02. The van der Waals surface area contributed by atoms with Crippen molar-refractivity contribution in [1.29, 1.82) is 0 Å². The molecular formula is C13H22N2O3. The summed E-state index contributed by atoms with van der Waals surface area (Å²) in [5.41, 5.74) is -0.535. The molecule has 1 aliphatic rings. The first-order valence-corrected chi connectivity index (χ1v) is 6.59. The number of hydrogen-bond acceptors (Lipinski definition) is 5. The first kappa shape index (κ1) is 13.5. The third-order valence-electron chi connectivity index (χ3n) is 3.82. The van der Waals surface area contributed by atoms with E-state index < -0.39 is 5.60 Å². The second kappa shape index (κ2) is 5.36. The summed E-state index contributed by atoms with van der Waals surface area (Å²) in [5.74, 6) is 1.41. The van der Waals surface area contributed by atoms with E-state index in [1.165, 1.54) is 6.42 Å². The molecule has 1 N–H and O–H groups in total. The maximum Gasteiger partial charge on any atom is 0.227 e. The summed E-state index contributed by atoms with van der Waals surface area (Å²) < 4.78 is 10.6. The Morgan fingerprint density at radius 1 is 1.39 bits per heavy atom. The standard InChI is InChI=1S/C13H22N2O3/c1-13(2,17-3)12-14-11(18-15-12)8-9-6-4-5-7-10(9)16/h9-10,16H,4-8H2,1-3H3. The molecule has 1 fully saturated rings. The van der Waals surface area contributed by atoms with E-state index in [0.29, 0.717) is 18.1 Å². The van der Waals surface area contributed by atoms with Crippen LogP contribution in [0.3, 0.4) is 0 Å². The highest BCUT2D eigenvalue weighted by Gasteiger charge is 2.29. The van der Waals surface area contributed by atoms with Gasteiger partial charge >= 0.3 is 0 Å². The monoisotopic (exact) mass is 254 g/mol. The Bertz CT molecular complexity index is 389. The van der Waals surface area contributed by atoms with Crippen LogP contribution < -0.4 is 0 Å². The smallest absolute Gasteiger partial charge is 0.227 e. The zero-order chi connectivity index (χ0) is 13.2. The predicted octanol–water partition coefficient (Wildman–Crippen LogP) is 2.04. The molecule has 1 aromatic heterocycles. The van der Waals surface area contributed by atoms with Crippen molar-refractivity contribution in [1.82, 2.24) is 10.1 Å². The van der Waals surface area contributed by atoms with Crippen LogP contribution in [-0.2, 0) is 16.8 Å². The van der Waals surface area contributed by atoms with Gasteiger partial charge in [-0.1, -0.05) is 18.0 Å². The van der Waals surface area contributed by atoms with Gasteiger partial charge in [-0.3, -0.25) is 0 Å². The van der Waals surface area contributed by atoms with E-state index >= 15 is 0 Å². The highest BCUT2D eigenvalue weighted by molar-refractivity contribution is 4.98. The molecule has 102 valence electrons. The lowest BCUT2D eigenvalue weighted by Gasteiger charge is -2.26. The van der Waals surface area contributed by atoms with Gasteiger partial charge in [0.1, 0.15) is 5.60 Å². The molecule has 0 saturated heterocycles. The summed E-state index contributed by atoms with van der Waals surface area (Å²) in [7, 11) is 1.63. The van der Waals surface area contributed by atoms with E-state index in [1.54, 1.807) is 7.11 Å². The fourth-order valence-corrected chi connectivity index (χ4v) is 2.32. The molecule has 5 nitrogen and oxygen atoms in total. The van der Waals surface area contributed by atoms with Crippen molar-refractivity contribution in [3.8, 4) is 0 Å². The highest BCUT2D eigenvalue weighted by atomic mass is 16.5. The van der Waals surface area contributed by atoms with E-state index in [9.17, 15) is 5.11 Å². The molecule has 18 heavy (non-hydrogen) atoms. The minimum atomic E-state index is -0.535. The van der Waals surface area contributed by atoms with Gasteiger partial charge in [0.15, 0.2) is 0 Å². The average Bonchev–Trinajstić information content (AvgIpc) is 2.81. The molecule has 0 aliphatic heterocycles. The summed E-state index contributed by atoms with van der Waals surface area (Å²) in [4.78, 5) is 4.37. The fraction of sp³-hybridized carbons (Fsp3) is 0.846. The molecule has 0 aromatic carbocycles. The van der Waals surface area contributed by atoms with Crippen LogP contribution in [0.2, 0.25) is 0 Å². The fourth-order valence-electron chi connectivity index (χ4n) is 2.32. The third-order valence-corrected chi connectivity index (χ3v) is 3.82. The van der Waals surface area contributed by atoms with Crippen molar-refractivity contribution in [3.63, 3.8) is 0 Å². The lowest BCUT2D eigenvalue weighted by Crippen LogP contribution is -2.26. The second-order valence-electron chi connectivity index (χ2n) is 5.54. The molecule has 5 heteroatoms. The SMILES string of the molecule is COC(C)(C)c1noc(CC2CCCCC2O)n1. The minimum absolute atomic E-state index is 0.232. The van der Waals surface area contributed by atoms with Gasteiger partial charge in [-0.25, -0.2) is 0 Å². The molecule has 2 atom stereocenters. The molecule has 0 bridgehead atoms. The van der Waals surface area contributed by atoms with Crippen LogP contribution in [0.4, 0.5) is 0 Å². The van der Waals surface area contributed by atoms with Crippen molar-refractivity contribution in [3.05, 3.63) is 11.7 Å². The number of aliphatic hydroxyl groups is 1. The van der Waals surface area contributed by atoms with Gasteiger partial charge in [0, 0.05) is 13.5 Å². The van der Waals surface area contributed by atoms with E-state index in [1.807, 2.05) is 13.8 Å². The lowest BCUT2D eigenvalue weighted by molar-refractivity contribution is 0.00973. The molecule has 2 unspecified atom stereocenters. The van der Waals surface area contributed by atoms with Crippen molar-refractivity contribution in [2.24, 2.45) is 5.92 Å². The minimum Gasteiger partial charge on any atom is -0.393 e. The summed E-state index contributed by atoms with van der Waals surface area (Å²) >= 11 is 0. The molecule has 1 saturated carbocycles. The lowest BCUT2D eigenvalue weighted by atomic mass is 9.84. The number of aromatic nitrogens is 2. The number of rotatable bonds is 4. The van der Waals surface area contributed by atoms with Crippen LogP contribution in [-0.4, -0.2) is 28.5 Å². The molecule has 2 rings (SSSR count). The van der Waals surface area contributed by atoms with Crippen LogP contribution in [0.5, 0.6) is 0 Å². The molecule has 1 heterocycles. The Balaban J connectivity index is 2.02. The molecule has 1 aromatic rings. The van der Waals surface area contributed by atoms with Crippen molar-refractivity contribution in [2.45, 2.75) is 57.7 Å². The van der Waals surface area contributed by atoms with E-state index in [2.05, 4.69) is 10.1 Å². The molecular weight excluding hydrogens is 232 g/mol. The van der Waals surface area contributed by atoms with Crippen molar-refractivity contribution < 1.29 is 14.4 Å². The van der Waals surface area contributed by atoms with Gasteiger partial charge in [-0.2, -0.15) is 4.98 Å². The van der Waals surface area contributed by atoms with Gasteiger partial charge in [0.05, 0.1) is 6.10 Å². The highest BCUT2D eigenvalue weighted by Crippen LogP contribution is 2.28. The summed E-state index contributed by atoms with van der Waals surface area (Å²) in [6.45, 7) is 3.80. The van der Waals surface area contributed by atoms with Crippen molar-refractivity contribution >= 4 is 0 Å². The molecule has 0 radical (unpaired) electrons. The Morgan fingerprint density at radius 3 is 2.78 bits per heavy atom. The Morgan fingerprint density at radius 2 is 2.11 bits per heavy atom. The second-order valence-corrected chi connectivity index (χ2v) is 5.54. The van der Waals surface area contributed by atoms with Gasteiger partial charge in [0.2, 0.25) is 11.7 Å². The number of nitrogens with zero attached hydrogens (tertiary/aromatic N) is 2. The van der Waals surface area contributed by atoms with Gasteiger partial charge in [-0.05, 0) is 32.6 Å². The zero-order valence-corrected chi connectivity index (χ0v) is 11.3. The molecule has 0 amide bonds. The normalized spacial score (nSPS) is 25.3. The van der Waals surface area contributed by atoms with Gasteiger partial charge in [-0.15, -0.1) is 0 Å². The first-order valence-electron chi connectivity index (χ1n) is 6.59. The number of methoxy groups -OCH3 is 1. The summed E-state index contributed by atoms with van der Waals surface area (Å²) in [6.07, 6.45) is 4.63. The number of aliphatic hydroxyl groups excluding tert-OH is 1. The van der Waals surface area contributed by atoms with Crippen LogP contribution in [0.1, 0.15) is 51.2 Å². The van der Waals surface area contributed by atoms with Gasteiger partial charge < -0.3 is 14.4 Å². The largest absolute Gasteiger partial charge is 0.393 e. The van der Waals surface area contributed by atoms with Crippen LogP contribution in [0.15, 0.2) is 4.52 Å². The predicted molar refractivity (Wildman–Crippen MR) is 66.0 cm³/mol. The summed E-state index contributed by atoms with van der Waals surface area (Å²) in [5, 5.41) is 13.9. The van der Waals surface area contributed by atoms with E-state index in [4.69, 9.17) is 9.26 Å². The van der Waals surface area contributed by atoms with Gasteiger partial charge in [0.25, 0.3) is 0 Å². The Labute approximate surface area is 108 Å². The maximum atomic E-state index is 9.93. The number of ether oxygens (including phenoxy) is 1. The Hall–Kier alpha value is -0.940. The van der Waals surface area contributed by atoms with E-state index in [0.717, 1.165) is 19.3 Å². The molecule has 0 spiro atoms. The summed E-state index contributed by atoms with van der Waals surface area (Å²) in [6, 6.07) is 0. The zero-order valence-electron chi connectivity index (χ0n) is 11.3. The van der Waals surface area contributed by atoms with E-state index in [-0.39, 0.29) is 12.0 Å². The van der Waals surface area contributed by atoms with Crippen LogP contribution in [0, 0.1) is 5.92 Å². The third kappa shape index (κ3) is 2.90. The van der Waals surface area contributed by atoms with Crippen LogP contribution in [0.25, 0.3) is 0 Å². The first-order chi connectivity index (χ1) is 8.53. The average molecular weight is 254 g/mol. The molecule has 1 aliphatic carbocycles. The topological polar surface area (TPSA) is 68.4 Å². The van der Waals surface area contributed by atoms with Crippen LogP contribution >= 0.6 is 0 Å². The maximum absolute atomic E-state index is 9.93. The number of hydrogen-bond donors (Lipinski definition) is 1. The quantitative estimate of drug-likeness (QED) is 0.890.